The third-order valence-corrected chi connectivity index (χ3v) is 5.37. The highest BCUT2D eigenvalue weighted by Gasteiger charge is 2.33. The highest BCUT2D eigenvalue weighted by atomic mass is 35.5. The molecule has 0 amide bonds. The zero-order chi connectivity index (χ0) is 21.2. The number of anilines is 2. The lowest BCUT2D eigenvalue weighted by Crippen LogP contribution is -2.45. The Morgan fingerprint density at radius 1 is 1.06 bits per heavy atom. The molecule has 10 nitrogen and oxygen atoms in total. The van der Waals surface area contributed by atoms with Gasteiger partial charge in [0.15, 0.2) is 0 Å². The molecule has 31 heavy (non-hydrogen) atoms. The summed E-state index contributed by atoms with van der Waals surface area (Å²) in [5.41, 5.74) is 2.63. The number of aromatic amines is 1. The summed E-state index contributed by atoms with van der Waals surface area (Å²) in [5, 5.41) is 23.2. The van der Waals surface area contributed by atoms with Gasteiger partial charge in [-0.15, -0.1) is 10.2 Å². The van der Waals surface area contributed by atoms with Crippen molar-refractivity contribution < 1.29 is 4.42 Å². The van der Waals surface area contributed by atoms with E-state index in [9.17, 15) is 0 Å². The van der Waals surface area contributed by atoms with E-state index in [-0.39, 0.29) is 0 Å². The zero-order valence-electron chi connectivity index (χ0n) is 16.2. The standard InChI is InChI=1S/C19H17Cl2N9O/c20-14-3-11(4-15(21)5-14)1-2-22-18-23-6-12(7-24-18)17-27-28-19(31-17)30-9-13(10-30)16-8-25-29-26-16/h3-8,13H,1-2,9-10H2,(H,22,23,24)(H,25,26,29). The monoisotopic (exact) mass is 457 g/mol. The Morgan fingerprint density at radius 2 is 1.84 bits per heavy atom. The summed E-state index contributed by atoms with van der Waals surface area (Å²) in [6.45, 7) is 2.15. The predicted molar refractivity (Wildman–Crippen MR) is 115 cm³/mol. The SMILES string of the molecule is Clc1cc(Cl)cc(CCNc2ncc(-c3nnc(N4CC(c5c[nH]nn5)C4)o3)cn2)c1. The lowest BCUT2D eigenvalue weighted by molar-refractivity contribution is 0.449. The first-order valence-electron chi connectivity index (χ1n) is 9.60. The van der Waals surface area contributed by atoms with Crippen LogP contribution < -0.4 is 10.2 Å². The van der Waals surface area contributed by atoms with Gasteiger partial charge in [-0.25, -0.2) is 9.97 Å². The number of nitrogens with one attached hydrogen (secondary N) is 2. The van der Waals surface area contributed by atoms with E-state index >= 15 is 0 Å². The minimum absolute atomic E-state index is 0.311. The van der Waals surface area contributed by atoms with Crippen LogP contribution in [0.3, 0.4) is 0 Å². The minimum atomic E-state index is 0.311. The van der Waals surface area contributed by atoms with Crippen LogP contribution in [-0.2, 0) is 6.42 Å². The Kier molecular flexibility index (Phi) is 5.39. The molecule has 3 aromatic heterocycles. The topological polar surface area (TPSA) is 122 Å². The molecule has 1 saturated heterocycles. The molecule has 0 atom stereocenters. The molecule has 12 heteroatoms. The van der Waals surface area contributed by atoms with Crippen LogP contribution in [0.5, 0.6) is 0 Å². The van der Waals surface area contributed by atoms with Crippen LogP contribution in [0.2, 0.25) is 10.0 Å². The van der Waals surface area contributed by atoms with Gasteiger partial charge >= 0.3 is 6.01 Å². The Balaban J connectivity index is 1.15. The van der Waals surface area contributed by atoms with Gasteiger partial charge in [-0.1, -0.05) is 33.5 Å². The van der Waals surface area contributed by atoms with Gasteiger partial charge < -0.3 is 14.6 Å². The number of halogens is 2. The molecule has 1 aliphatic heterocycles. The van der Waals surface area contributed by atoms with Gasteiger partial charge in [0.1, 0.15) is 0 Å². The van der Waals surface area contributed by atoms with Crippen LogP contribution in [0.1, 0.15) is 17.2 Å². The van der Waals surface area contributed by atoms with Crippen molar-refractivity contribution in [1.29, 1.82) is 0 Å². The van der Waals surface area contributed by atoms with Crippen molar-refractivity contribution in [3.05, 3.63) is 58.1 Å². The molecule has 1 fully saturated rings. The number of rotatable bonds is 7. The molecule has 0 spiro atoms. The molecule has 0 bridgehead atoms. The van der Waals surface area contributed by atoms with E-state index in [0.717, 1.165) is 30.8 Å². The van der Waals surface area contributed by atoms with E-state index in [1.165, 1.54) is 0 Å². The number of hydrogen-bond acceptors (Lipinski definition) is 9. The first-order chi connectivity index (χ1) is 15.1. The van der Waals surface area contributed by atoms with Crippen LogP contribution in [0.4, 0.5) is 12.0 Å². The highest BCUT2D eigenvalue weighted by Crippen LogP contribution is 2.31. The van der Waals surface area contributed by atoms with Crippen LogP contribution in [-0.4, -0.2) is 55.2 Å². The van der Waals surface area contributed by atoms with E-state index in [1.54, 1.807) is 24.7 Å². The molecular weight excluding hydrogens is 441 g/mol. The van der Waals surface area contributed by atoms with Crippen molar-refractivity contribution in [3.8, 4) is 11.5 Å². The first kappa shape index (κ1) is 19.7. The normalized spacial score (nSPS) is 13.9. The van der Waals surface area contributed by atoms with Crippen LogP contribution in [0, 0.1) is 0 Å². The molecule has 0 saturated carbocycles. The number of aromatic nitrogens is 7. The molecule has 1 aliphatic rings. The van der Waals surface area contributed by atoms with Gasteiger partial charge in [0.25, 0.3) is 5.89 Å². The average Bonchev–Trinajstić information content (AvgIpc) is 3.40. The summed E-state index contributed by atoms with van der Waals surface area (Å²) < 4.78 is 5.78. The van der Waals surface area contributed by atoms with Gasteiger partial charge in [0, 0.05) is 54.2 Å². The fourth-order valence-corrected chi connectivity index (χ4v) is 3.87. The molecule has 158 valence electrons. The first-order valence-corrected chi connectivity index (χ1v) is 10.4. The average molecular weight is 458 g/mol. The Morgan fingerprint density at radius 3 is 2.55 bits per heavy atom. The smallest absolute Gasteiger partial charge is 0.318 e. The van der Waals surface area contributed by atoms with Crippen LogP contribution in [0.15, 0.2) is 41.2 Å². The van der Waals surface area contributed by atoms with Gasteiger partial charge in [-0.3, -0.25) is 5.10 Å². The maximum Gasteiger partial charge on any atom is 0.318 e. The number of nitrogens with zero attached hydrogens (tertiary/aromatic N) is 7. The van der Waals surface area contributed by atoms with Gasteiger partial charge in [-0.05, 0) is 30.2 Å². The predicted octanol–water partition coefficient (Wildman–Crippen LogP) is 3.21. The molecule has 0 radical (unpaired) electrons. The summed E-state index contributed by atoms with van der Waals surface area (Å²) in [6.07, 6.45) is 5.84. The third-order valence-electron chi connectivity index (χ3n) is 4.94. The third kappa shape index (κ3) is 4.44. The van der Waals surface area contributed by atoms with Crippen LogP contribution in [0.25, 0.3) is 11.5 Å². The van der Waals surface area contributed by atoms with E-state index in [4.69, 9.17) is 27.6 Å². The van der Waals surface area contributed by atoms with Crippen molar-refractivity contribution >= 4 is 35.2 Å². The van der Waals surface area contributed by atoms with Crippen molar-refractivity contribution in [3.63, 3.8) is 0 Å². The minimum Gasteiger partial charge on any atom is -0.403 e. The van der Waals surface area contributed by atoms with Crippen molar-refractivity contribution in [2.45, 2.75) is 12.3 Å². The quantitative estimate of drug-likeness (QED) is 0.430. The maximum absolute atomic E-state index is 6.03. The van der Waals surface area contributed by atoms with Crippen molar-refractivity contribution in [2.24, 2.45) is 0 Å². The molecular formula is C19H17Cl2N9O. The fraction of sp³-hybridized carbons (Fsp3) is 0.263. The largest absolute Gasteiger partial charge is 0.403 e. The fourth-order valence-electron chi connectivity index (χ4n) is 3.30. The van der Waals surface area contributed by atoms with E-state index in [0.29, 0.717) is 45.9 Å². The Labute approximate surface area is 187 Å². The zero-order valence-corrected chi connectivity index (χ0v) is 17.7. The second-order valence-electron chi connectivity index (χ2n) is 7.14. The molecule has 2 N–H and O–H groups in total. The summed E-state index contributed by atoms with van der Waals surface area (Å²) in [4.78, 5) is 10.6. The lowest BCUT2D eigenvalue weighted by atomic mass is 9.98. The second-order valence-corrected chi connectivity index (χ2v) is 8.01. The Bertz CT molecular complexity index is 1140. The van der Waals surface area contributed by atoms with Gasteiger partial charge in [0.2, 0.25) is 5.95 Å². The lowest BCUT2D eigenvalue weighted by Gasteiger charge is -2.36. The van der Waals surface area contributed by atoms with E-state index < -0.39 is 0 Å². The van der Waals surface area contributed by atoms with Crippen molar-refractivity contribution in [2.75, 3.05) is 29.9 Å². The summed E-state index contributed by atoms with van der Waals surface area (Å²) in [5.74, 6) is 1.19. The summed E-state index contributed by atoms with van der Waals surface area (Å²) in [7, 11) is 0. The van der Waals surface area contributed by atoms with Crippen LogP contribution >= 0.6 is 23.2 Å². The highest BCUT2D eigenvalue weighted by molar-refractivity contribution is 6.34. The maximum atomic E-state index is 6.03. The summed E-state index contributed by atoms with van der Waals surface area (Å²) in [6, 6.07) is 5.95. The molecule has 0 unspecified atom stereocenters. The molecule has 4 aromatic rings. The molecule has 4 heterocycles. The number of benzene rings is 1. The van der Waals surface area contributed by atoms with Crippen molar-refractivity contribution in [1.82, 2.24) is 35.6 Å². The summed E-state index contributed by atoms with van der Waals surface area (Å²) >= 11 is 12.1. The molecule has 0 aliphatic carbocycles. The van der Waals surface area contributed by atoms with E-state index in [1.807, 2.05) is 17.0 Å². The number of hydrogen-bond donors (Lipinski definition) is 2. The van der Waals surface area contributed by atoms with E-state index in [2.05, 4.69) is 40.9 Å². The Hall–Kier alpha value is -3.24. The van der Waals surface area contributed by atoms with Gasteiger partial charge in [-0.2, -0.15) is 0 Å². The second kappa shape index (κ2) is 8.48. The molecule has 5 rings (SSSR count). The number of H-pyrrole nitrogens is 1. The van der Waals surface area contributed by atoms with Gasteiger partial charge in [0.05, 0.1) is 11.3 Å². The molecule has 1 aromatic carbocycles.